The van der Waals surface area contributed by atoms with Gasteiger partial charge in [0.1, 0.15) is 5.60 Å². The van der Waals surface area contributed by atoms with Crippen molar-refractivity contribution in [2.24, 2.45) is 0 Å². The number of hydrogen-bond acceptors (Lipinski definition) is 6. The van der Waals surface area contributed by atoms with Crippen molar-refractivity contribution in [3.8, 4) is 0 Å². The number of carbonyl (C=O) groups is 2. The number of rotatable bonds is 4. The lowest BCUT2D eigenvalue weighted by atomic mass is 10.2. The molecule has 0 bridgehead atoms. The van der Waals surface area contributed by atoms with Crippen molar-refractivity contribution in [3.05, 3.63) is 39.9 Å². The second-order valence-electron chi connectivity index (χ2n) is 5.50. The number of alkyl carbamates (subject to hydrolysis) is 1. The van der Waals surface area contributed by atoms with Crippen molar-refractivity contribution >= 4 is 17.7 Å². The average Bonchev–Trinajstić information content (AvgIpc) is 2.35. The Morgan fingerprint density at radius 1 is 1.23 bits per heavy atom. The van der Waals surface area contributed by atoms with Gasteiger partial charge in [0, 0.05) is 12.1 Å². The number of hydrogen-bond donors (Lipinski definition) is 1. The molecule has 1 rings (SSSR count). The second kappa shape index (κ2) is 6.88. The number of nitro groups is 1. The van der Waals surface area contributed by atoms with Crippen LogP contribution in [-0.4, -0.2) is 28.8 Å². The maximum Gasteiger partial charge on any atom is 0.410 e. The molecule has 0 aliphatic carbocycles. The minimum atomic E-state index is -0.905. The first-order valence-corrected chi connectivity index (χ1v) is 6.53. The first-order valence-electron chi connectivity index (χ1n) is 6.53. The van der Waals surface area contributed by atoms with E-state index in [4.69, 9.17) is 9.47 Å². The molecule has 8 nitrogen and oxygen atoms in total. The summed E-state index contributed by atoms with van der Waals surface area (Å²) in [5.74, 6) is -0.710. The van der Waals surface area contributed by atoms with E-state index in [0.717, 1.165) is 0 Å². The smallest absolute Gasteiger partial charge is 0.410 e. The Labute approximate surface area is 127 Å². The van der Waals surface area contributed by atoms with E-state index in [-0.39, 0.29) is 11.3 Å². The Hall–Kier alpha value is -2.64. The molecule has 0 aromatic heterocycles. The number of nitrogens with one attached hydrogen (secondary N) is 1. The Morgan fingerprint density at radius 3 is 2.23 bits per heavy atom. The third kappa shape index (κ3) is 5.78. The Balaban J connectivity index is 2.57. The lowest BCUT2D eigenvalue weighted by Gasteiger charge is -2.21. The first-order chi connectivity index (χ1) is 10.1. The third-order valence-corrected chi connectivity index (χ3v) is 2.32. The second-order valence-corrected chi connectivity index (χ2v) is 5.50. The standard InChI is InChI=1S/C14H18N2O6/c1-9(15-13(18)22-14(2,3)4)21-12(17)10-5-7-11(8-6-10)16(19)20/h5-9H,1-4H3,(H,15,18). The first kappa shape index (κ1) is 17.4. The van der Waals surface area contributed by atoms with Gasteiger partial charge in [0.2, 0.25) is 0 Å². The van der Waals surface area contributed by atoms with E-state index in [9.17, 15) is 19.7 Å². The molecule has 0 spiro atoms. The normalized spacial score (nSPS) is 12.2. The van der Waals surface area contributed by atoms with Crippen molar-refractivity contribution < 1.29 is 24.0 Å². The molecule has 0 aliphatic heterocycles. The monoisotopic (exact) mass is 310 g/mol. The van der Waals surface area contributed by atoms with Gasteiger partial charge in [-0.1, -0.05) is 0 Å². The zero-order chi connectivity index (χ0) is 16.9. The van der Waals surface area contributed by atoms with E-state index in [1.807, 2.05) is 0 Å². The number of ether oxygens (including phenoxy) is 2. The molecule has 1 amide bonds. The topological polar surface area (TPSA) is 108 Å². The van der Waals surface area contributed by atoms with E-state index in [1.165, 1.54) is 31.2 Å². The molecule has 120 valence electrons. The highest BCUT2D eigenvalue weighted by atomic mass is 16.6. The third-order valence-electron chi connectivity index (χ3n) is 2.32. The van der Waals surface area contributed by atoms with Gasteiger partial charge in [0.25, 0.3) is 5.69 Å². The van der Waals surface area contributed by atoms with Crippen LogP contribution in [0.4, 0.5) is 10.5 Å². The highest BCUT2D eigenvalue weighted by Crippen LogP contribution is 2.13. The van der Waals surface area contributed by atoms with E-state index < -0.39 is 28.8 Å². The van der Waals surface area contributed by atoms with Crippen molar-refractivity contribution in [2.75, 3.05) is 0 Å². The summed E-state index contributed by atoms with van der Waals surface area (Å²) >= 11 is 0. The summed E-state index contributed by atoms with van der Waals surface area (Å²) in [6.45, 7) is 6.59. The summed E-state index contributed by atoms with van der Waals surface area (Å²) in [5.41, 5.74) is -0.647. The molecule has 1 aromatic rings. The van der Waals surface area contributed by atoms with Crippen LogP contribution in [0.25, 0.3) is 0 Å². The molecule has 1 aromatic carbocycles. The molecule has 0 saturated heterocycles. The van der Waals surface area contributed by atoms with Gasteiger partial charge >= 0.3 is 12.1 Å². The summed E-state index contributed by atoms with van der Waals surface area (Å²) in [5, 5.41) is 12.9. The summed E-state index contributed by atoms with van der Waals surface area (Å²) in [6.07, 6.45) is -1.62. The molecular weight excluding hydrogens is 292 g/mol. The molecule has 22 heavy (non-hydrogen) atoms. The van der Waals surface area contributed by atoms with Gasteiger partial charge in [-0.2, -0.15) is 0 Å². The van der Waals surface area contributed by atoms with Gasteiger partial charge < -0.3 is 9.47 Å². The minimum Gasteiger partial charge on any atom is -0.444 e. The fourth-order valence-corrected chi connectivity index (χ4v) is 1.45. The summed E-state index contributed by atoms with van der Waals surface area (Å²) in [7, 11) is 0. The fraction of sp³-hybridized carbons (Fsp3) is 0.429. The van der Waals surface area contributed by atoms with Crippen LogP contribution >= 0.6 is 0 Å². The van der Waals surface area contributed by atoms with Gasteiger partial charge in [-0.25, -0.2) is 9.59 Å². The Kier molecular flexibility index (Phi) is 5.44. The van der Waals surface area contributed by atoms with Gasteiger partial charge in [0.05, 0.1) is 10.5 Å². The number of benzene rings is 1. The quantitative estimate of drug-likeness (QED) is 0.396. The van der Waals surface area contributed by atoms with Crippen molar-refractivity contribution in [1.29, 1.82) is 0 Å². The maximum atomic E-state index is 11.8. The maximum absolute atomic E-state index is 11.8. The van der Waals surface area contributed by atoms with Gasteiger partial charge in [0.15, 0.2) is 6.23 Å². The number of amides is 1. The van der Waals surface area contributed by atoms with Crippen LogP contribution in [0.3, 0.4) is 0 Å². The molecule has 0 radical (unpaired) electrons. The summed E-state index contributed by atoms with van der Waals surface area (Å²) in [6, 6.07) is 4.95. The molecule has 1 N–H and O–H groups in total. The molecule has 0 saturated carbocycles. The number of non-ortho nitro benzene ring substituents is 1. The number of esters is 1. The average molecular weight is 310 g/mol. The van der Waals surface area contributed by atoms with Gasteiger partial charge in [-0.05, 0) is 39.8 Å². The fourth-order valence-electron chi connectivity index (χ4n) is 1.45. The lowest BCUT2D eigenvalue weighted by molar-refractivity contribution is -0.384. The molecular formula is C14H18N2O6. The van der Waals surface area contributed by atoms with Crippen LogP contribution in [0, 0.1) is 10.1 Å². The largest absolute Gasteiger partial charge is 0.444 e. The lowest BCUT2D eigenvalue weighted by Crippen LogP contribution is -2.39. The molecule has 0 aliphatic rings. The van der Waals surface area contributed by atoms with Crippen LogP contribution in [0.15, 0.2) is 24.3 Å². The number of carbonyl (C=O) groups excluding carboxylic acids is 2. The van der Waals surface area contributed by atoms with Crippen LogP contribution in [-0.2, 0) is 9.47 Å². The summed E-state index contributed by atoms with van der Waals surface area (Å²) < 4.78 is 10.0. The number of nitro benzene ring substituents is 1. The van der Waals surface area contributed by atoms with Crippen molar-refractivity contribution in [1.82, 2.24) is 5.32 Å². The van der Waals surface area contributed by atoms with Crippen LogP contribution in [0.2, 0.25) is 0 Å². The van der Waals surface area contributed by atoms with Crippen LogP contribution in [0.1, 0.15) is 38.1 Å². The predicted molar refractivity (Wildman–Crippen MR) is 77.3 cm³/mol. The highest BCUT2D eigenvalue weighted by Gasteiger charge is 2.20. The molecule has 1 atom stereocenters. The molecule has 1 unspecified atom stereocenters. The molecule has 8 heteroatoms. The van der Waals surface area contributed by atoms with E-state index in [2.05, 4.69) is 5.32 Å². The van der Waals surface area contributed by atoms with Crippen molar-refractivity contribution in [2.45, 2.75) is 39.5 Å². The predicted octanol–water partition coefficient (Wildman–Crippen LogP) is 2.62. The van der Waals surface area contributed by atoms with Gasteiger partial charge in [-0.15, -0.1) is 0 Å². The molecule has 0 fully saturated rings. The highest BCUT2D eigenvalue weighted by molar-refractivity contribution is 5.89. The SMILES string of the molecule is CC(NC(=O)OC(C)(C)C)OC(=O)c1ccc([N+](=O)[O-])cc1. The summed E-state index contributed by atoms with van der Waals surface area (Å²) in [4.78, 5) is 33.3. The zero-order valence-corrected chi connectivity index (χ0v) is 12.8. The molecule has 0 heterocycles. The number of nitrogens with zero attached hydrogens (tertiary/aromatic N) is 1. The zero-order valence-electron chi connectivity index (χ0n) is 12.8. The van der Waals surface area contributed by atoms with Crippen LogP contribution < -0.4 is 5.32 Å². The van der Waals surface area contributed by atoms with Gasteiger partial charge in [-0.3, -0.25) is 15.4 Å². The van der Waals surface area contributed by atoms with E-state index in [0.29, 0.717) is 0 Å². The van der Waals surface area contributed by atoms with Crippen LogP contribution in [0.5, 0.6) is 0 Å². The van der Waals surface area contributed by atoms with Crippen molar-refractivity contribution in [3.63, 3.8) is 0 Å². The van der Waals surface area contributed by atoms with E-state index in [1.54, 1.807) is 20.8 Å². The Morgan fingerprint density at radius 2 is 1.77 bits per heavy atom. The van der Waals surface area contributed by atoms with E-state index >= 15 is 0 Å². The Bertz CT molecular complexity index is 562. The minimum absolute atomic E-state index is 0.128.